The van der Waals surface area contributed by atoms with Gasteiger partial charge in [-0.25, -0.2) is 0 Å². The van der Waals surface area contributed by atoms with Crippen LogP contribution in [0.15, 0.2) is 12.1 Å². The molecule has 0 N–H and O–H groups in total. The summed E-state index contributed by atoms with van der Waals surface area (Å²) < 4.78 is 14.1. The van der Waals surface area contributed by atoms with E-state index in [-0.39, 0.29) is 11.2 Å². The molecule has 0 aliphatic heterocycles. The van der Waals surface area contributed by atoms with Gasteiger partial charge in [0, 0.05) is 17.4 Å². The van der Waals surface area contributed by atoms with Crippen molar-refractivity contribution in [1.82, 2.24) is 0 Å². The quantitative estimate of drug-likeness (QED) is 0.332. The van der Waals surface area contributed by atoms with Gasteiger partial charge in [0.1, 0.15) is 0 Å². The Morgan fingerprint density at radius 1 is 0.962 bits per heavy atom. The minimum atomic E-state index is -2.86. The van der Waals surface area contributed by atoms with Crippen molar-refractivity contribution in [2.45, 2.75) is 97.6 Å². The maximum absolute atomic E-state index is 14.1. The van der Waals surface area contributed by atoms with E-state index in [1.54, 1.807) is 0 Å². The molecule has 0 aromatic heterocycles. The Morgan fingerprint density at radius 2 is 1.54 bits per heavy atom. The van der Waals surface area contributed by atoms with E-state index in [4.69, 9.17) is 0 Å². The molecule has 1 fully saturated rings. The van der Waals surface area contributed by atoms with Gasteiger partial charge in [0.25, 0.3) is 0 Å². The number of carbonyl (C=O) groups excluding carboxylic acids is 1. The van der Waals surface area contributed by atoms with Crippen molar-refractivity contribution >= 4 is 12.7 Å². The SMILES string of the molecule is CCCCCCCP(=O)(C(=O)c1c(C)cc(C)cc1C)C1CCCCC1. The third kappa shape index (κ3) is 5.10. The maximum Gasteiger partial charge on any atom is 0.222 e. The van der Waals surface area contributed by atoms with Gasteiger partial charge in [-0.05, 0) is 51.2 Å². The number of carbonyl (C=O) groups is 1. The molecular weight excluding hydrogens is 339 g/mol. The van der Waals surface area contributed by atoms with Crippen molar-refractivity contribution in [2.75, 3.05) is 6.16 Å². The number of hydrogen-bond donors (Lipinski definition) is 0. The van der Waals surface area contributed by atoms with E-state index in [2.05, 4.69) is 26.0 Å². The highest BCUT2D eigenvalue weighted by atomic mass is 31.2. The average molecular weight is 377 g/mol. The number of hydrogen-bond acceptors (Lipinski definition) is 2. The summed E-state index contributed by atoms with van der Waals surface area (Å²) in [4.78, 5) is 13.6. The van der Waals surface area contributed by atoms with Crippen LogP contribution in [0.4, 0.5) is 0 Å². The van der Waals surface area contributed by atoms with Gasteiger partial charge in [-0.15, -0.1) is 0 Å². The number of unbranched alkanes of at least 4 members (excludes halogenated alkanes) is 4. The lowest BCUT2D eigenvalue weighted by molar-refractivity contribution is 0.107. The van der Waals surface area contributed by atoms with Crippen molar-refractivity contribution in [3.8, 4) is 0 Å². The first-order valence-electron chi connectivity index (χ1n) is 10.6. The van der Waals surface area contributed by atoms with Gasteiger partial charge in [-0.2, -0.15) is 0 Å². The van der Waals surface area contributed by atoms with Gasteiger partial charge in [0.15, 0.2) is 7.14 Å². The Bertz CT molecular complexity index is 633. The number of benzene rings is 1. The van der Waals surface area contributed by atoms with Crippen molar-refractivity contribution < 1.29 is 9.36 Å². The van der Waals surface area contributed by atoms with Gasteiger partial charge in [0.05, 0.1) is 0 Å². The lowest BCUT2D eigenvalue weighted by Crippen LogP contribution is -2.22. The summed E-state index contributed by atoms with van der Waals surface area (Å²) in [6.07, 6.45) is 11.7. The Balaban J connectivity index is 2.27. The first kappa shape index (κ1) is 21.4. The highest BCUT2D eigenvalue weighted by molar-refractivity contribution is 7.81. The molecule has 1 atom stereocenters. The second-order valence-electron chi connectivity index (χ2n) is 8.30. The van der Waals surface area contributed by atoms with Crippen LogP contribution in [0.2, 0.25) is 0 Å². The molecule has 2 nitrogen and oxygen atoms in total. The molecule has 1 aliphatic rings. The van der Waals surface area contributed by atoms with E-state index in [1.165, 1.54) is 31.2 Å². The van der Waals surface area contributed by atoms with Crippen LogP contribution in [0.1, 0.15) is 98.2 Å². The highest BCUT2D eigenvalue weighted by Gasteiger charge is 2.41. The second kappa shape index (κ2) is 9.88. The van der Waals surface area contributed by atoms with E-state index >= 15 is 0 Å². The second-order valence-corrected chi connectivity index (χ2v) is 11.5. The summed E-state index contributed by atoms with van der Waals surface area (Å²) in [5, 5.41) is 0. The maximum atomic E-state index is 14.1. The lowest BCUT2D eigenvalue weighted by Gasteiger charge is -2.30. The molecule has 146 valence electrons. The zero-order valence-corrected chi connectivity index (χ0v) is 18.2. The van der Waals surface area contributed by atoms with Gasteiger partial charge in [0.2, 0.25) is 5.52 Å². The van der Waals surface area contributed by atoms with Crippen LogP contribution >= 0.6 is 7.14 Å². The smallest absolute Gasteiger partial charge is 0.222 e. The highest BCUT2D eigenvalue weighted by Crippen LogP contribution is 2.59. The molecule has 1 aliphatic carbocycles. The van der Waals surface area contributed by atoms with E-state index < -0.39 is 7.14 Å². The third-order valence-corrected chi connectivity index (χ3v) is 9.58. The van der Waals surface area contributed by atoms with Crippen molar-refractivity contribution in [3.05, 3.63) is 34.4 Å². The van der Waals surface area contributed by atoms with Crippen molar-refractivity contribution in [2.24, 2.45) is 0 Å². The fraction of sp³-hybridized carbons (Fsp3) is 0.696. The van der Waals surface area contributed by atoms with Gasteiger partial charge >= 0.3 is 0 Å². The van der Waals surface area contributed by atoms with Gasteiger partial charge in [-0.1, -0.05) is 69.6 Å². The number of rotatable bonds is 9. The first-order chi connectivity index (χ1) is 12.4. The van der Waals surface area contributed by atoms with E-state index in [1.807, 2.05) is 13.8 Å². The molecule has 1 aromatic rings. The van der Waals surface area contributed by atoms with Crippen LogP contribution in [0.3, 0.4) is 0 Å². The molecule has 26 heavy (non-hydrogen) atoms. The normalized spacial score (nSPS) is 17.8. The molecule has 3 heteroatoms. The standard InChI is InChI=1S/C23H37O2P/c1-5-6-7-8-12-15-26(25,21-13-10-9-11-14-21)23(24)22-19(3)16-18(2)17-20(22)4/h16-17,21H,5-15H2,1-4H3. The summed E-state index contributed by atoms with van der Waals surface area (Å²) in [5.74, 6) is 0. The van der Waals surface area contributed by atoms with E-state index in [0.29, 0.717) is 6.16 Å². The third-order valence-electron chi connectivity index (χ3n) is 5.99. The molecule has 0 bridgehead atoms. The molecule has 1 aromatic carbocycles. The fourth-order valence-electron chi connectivity index (χ4n) is 4.60. The Labute approximate surface area is 160 Å². The van der Waals surface area contributed by atoms with Crippen LogP contribution in [0.5, 0.6) is 0 Å². The monoisotopic (exact) mass is 376 g/mol. The van der Waals surface area contributed by atoms with Crippen LogP contribution in [0.25, 0.3) is 0 Å². The van der Waals surface area contributed by atoms with Crippen LogP contribution in [0, 0.1) is 20.8 Å². The fourth-order valence-corrected chi connectivity index (χ4v) is 8.13. The van der Waals surface area contributed by atoms with Crippen LogP contribution in [-0.4, -0.2) is 17.3 Å². The zero-order valence-electron chi connectivity index (χ0n) is 17.3. The molecule has 2 rings (SSSR count). The molecule has 0 heterocycles. The molecule has 1 unspecified atom stereocenters. The Hall–Kier alpha value is -0.880. The first-order valence-corrected chi connectivity index (χ1v) is 12.6. The summed E-state index contributed by atoms with van der Waals surface area (Å²) in [6, 6.07) is 4.12. The van der Waals surface area contributed by atoms with Crippen molar-refractivity contribution in [1.29, 1.82) is 0 Å². The van der Waals surface area contributed by atoms with Crippen molar-refractivity contribution in [3.63, 3.8) is 0 Å². The predicted octanol–water partition coefficient (Wildman–Crippen LogP) is 7.42. The van der Waals surface area contributed by atoms with Gasteiger partial charge < -0.3 is 4.57 Å². The topological polar surface area (TPSA) is 34.1 Å². The molecule has 0 radical (unpaired) electrons. The number of aryl methyl sites for hydroxylation is 3. The largest absolute Gasteiger partial charge is 0.315 e. The Kier molecular flexibility index (Phi) is 8.14. The summed E-state index contributed by atoms with van der Waals surface area (Å²) >= 11 is 0. The summed E-state index contributed by atoms with van der Waals surface area (Å²) in [5.41, 5.74) is 4.01. The van der Waals surface area contributed by atoms with E-state index in [0.717, 1.165) is 55.2 Å². The summed E-state index contributed by atoms with van der Waals surface area (Å²) in [6.45, 7) is 8.27. The van der Waals surface area contributed by atoms with Crippen LogP contribution in [-0.2, 0) is 4.57 Å². The Morgan fingerprint density at radius 3 is 2.12 bits per heavy atom. The molecular formula is C23H37O2P. The molecule has 0 spiro atoms. The average Bonchev–Trinajstić information content (AvgIpc) is 2.61. The molecule has 0 saturated heterocycles. The summed E-state index contributed by atoms with van der Waals surface area (Å²) in [7, 11) is -2.86. The minimum absolute atomic E-state index is 0.0186. The minimum Gasteiger partial charge on any atom is -0.315 e. The molecule has 0 amide bonds. The van der Waals surface area contributed by atoms with Crippen LogP contribution < -0.4 is 0 Å². The predicted molar refractivity (Wildman–Crippen MR) is 113 cm³/mol. The molecule has 1 saturated carbocycles. The van der Waals surface area contributed by atoms with Gasteiger partial charge in [-0.3, -0.25) is 4.79 Å². The zero-order chi connectivity index (χ0) is 19.2. The lowest BCUT2D eigenvalue weighted by atomic mass is 10.0. The van der Waals surface area contributed by atoms with E-state index in [9.17, 15) is 9.36 Å².